The second-order valence-electron chi connectivity index (χ2n) is 4.53. The van der Waals surface area contributed by atoms with Crippen LogP contribution in [0.15, 0.2) is 46.0 Å². The minimum Gasteiger partial charge on any atom is -0.388 e. The van der Waals surface area contributed by atoms with Gasteiger partial charge < -0.3 is 5.11 Å². The second-order valence-corrected chi connectivity index (χ2v) is 7.32. The molecule has 0 fully saturated rings. The van der Waals surface area contributed by atoms with Crippen LogP contribution in [0.25, 0.3) is 0 Å². The average molecular weight is 296 g/mol. The van der Waals surface area contributed by atoms with Gasteiger partial charge in [0.05, 0.1) is 11.0 Å². The highest BCUT2D eigenvalue weighted by Gasteiger charge is 2.11. The van der Waals surface area contributed by atoms with Crippen molar-refractivity contribution >= 4 is 21.2 Å². The lowest BCUT2D eigenvalue weighted by molar-refractivity contribution is 0.168. The smallest absolute Gasteiger partial charge is 0.175 e. The van der Waals surface area contributed by atoms with Crippen molar-refractivity contribution in [1.82, 2.24) is 0 Å². The predicted octanol–water partition coefficient (Wildman–Crippen LogP) is 2.82. The van der Waals surface area contributed by atoms with Crippen LogP contribution in [-0.4, -0.2) is 19.8 Å². The number of aryl methyl sites for hydroxylation is 1. The van der Waals surface area contributed by atoms with E-state index in [0.29, 0.717) is 6.42 Å². The molecular weight excluding hydrogens is 280 g/mol. The van der Waals surface area contributed by atoms with E-state index in [9.17, 15) is 13.5 Å². The molecule has 0 bridgehead atoms. The molecule has 0 aliphatic heterocycles. The number of hydrogen-bond donors (Lipinski definition) is 1. The van der Waals surface area contributed by atoms with Crippen LogP contribution in [0, 0.1) is 0 Å². The van der Waals surface area contributed by atoms with E-state index in [4.69, 9.17) is 0 Å². The first kappa shape index (κ1) is 14.2. The maximum atomic E-state index is 11.3. The summed E-state index contributed by atoms with van der Waals surface area (Å²) < 4.78 is 22.7. The second kappa shape index (κ2) is 5.86. The lowest BCUT2D eigenvalue weighted by Crippen LogP contribution is -2.01. The van der Waals surface area contributed by atoms with Crippen LogP contribution >= 0.6 is 11.3 Å². The molecule has 19 heavy (non-hydrogen) atoms. The Hall–Kier alpha value is -1.17. The van der Waals surface area contributed by atoms with E-state index >= 15 is 0 Å². The van der Waals surface area contributed by atoms with E-state index in [-0.39, 0.29) is 4.90 Å². The van der Waals surface area contributed by atoms with E-state index in [0.717, 1.165) is 12.0 Å². The van der Waals surface area contributed by atoms with E-state index < -0.39 is 15.9 Å². The molecule has 0 radical (unpaired) electrons. The summed E-state index contributed by atoms with van der Waals surface area (Å²) >= 11 is 1.64. The van der Waals surface area contributed by atoms with Gasteiger partial charge in [-0.3, -0.25) is 0 Å². The Morgan fingerprint density at radius 1 is 1.21 bits per heavy atom. The number of hydrogen-bond acceptors (Lipinski definition) is 4. The molecule has 1 unspecified atom stereocenters. The molecule has 1 aromatic carbocycles. The SMILES string of the molecule is CS(=O)(=O)c1ccc(C(O)CCc2ccsc2)cc1. The molecule has 2 rings (SSSR count). The first-order chi connectivity index (χ1) is 8.97. The lowest BCUT2D eigenvalue weighted by Gasteiger charge is -2.10. The van der Waals surface area contributed by atoms with Crippen molar-refractivity contribution in [3.05, 3.63) is 52.2 Å². The molecule has 102 valence electrons. The van der Waals surface area contributed by atoms with Gasteiger partial charge in [0.15, 0.2) is 9.84 Å². The van der Waals surface area contributed by atoms with Gasteiger partial charge >= 0.3 is 0 Å². The normalized spacial score (nSPS) is 13.4. The van der Waals surface area contributed by atoms with Gasteiger partial charge in [0.2, 0.25) is 0 Å². The monoisotopic (exact) mass is 296 g/mol. The third-order valence-corrected chi connectivity index (χ3v) is 4.84. The first-order valence-corrected chi connectivity index (χ1v) is 8.79. The highest BCUT2D eigenvalue weighted by atomic mass is 32.2. The highest BCUT2D eigenvalue weighted by molar-refractivity contribution is 7.90. The van der Waals surface area contributed by atoms with Crippen LogP contribution in [0.1, 0.15) is 23.7 Å². The van der Waals surface area contributed by atoms with Crippen molar-refractivity contribution in [2.75, 3.05) is 6.26 Å². The van der Waals surface area contributed by atoms with Gasteiger partial charge in [-0.15, -0.1) is 0 Å². The number of aliphatic hydroxyl groups excluding tert-OH is 1. The zero-order valence-electron chi connectivity index (χ0n) is 10.6. The van der Waals surface area contributed by atoms with Gasteiger partial charge in [-0.2, -0.15) is 11.3 Å². The molecule has 1 atom stereocenters. The van der Waals surface area contributed by atoms with Gasteiger partial charge in [-0.05, 0) is 52.9 Å². The van der Waals surface area contributed by atoms with Crippen molar-refractivity contribution in [1.29, 1.82) is 0 Å². The molecule has 0 amide bonds. The fraction of sp³-hybridized carbons (Fsp3) is 0.286. The van der Waals surface area contributed by atoms with Gasteiger partial charge in [0, 0.05) is 6.26 Å². The molecular formula is C14H16O3S2. The molecule has 0 saturated carbocycles. The molecule has 2 aromatic rings. The first-order valence-electron chi connectivity index (χ1n) is 5.96. The molecule has 1 heterocycles. The van der Waals surface area contributed by atoms with E-state index in [1.165, 1.54) is 11.8 Å². The molecule has 5 heteroatoms. The van der Waals surface area contributed by atoms with Crippen LogP contribution in [0.4, 0.5) is 0 Å². The molecule has 0 spiro atoms. The molecule has 0 aliphatic carbocycles. The van der Waals surface area contributed by atoms with E-state index in [1.54, 1.807) is 35.6 Å². The Morgan fingerprint density at radius 3 is 2.42 bits per heavy atom. The van der Waals surface area contributed by atoms with Crippen LogP contribution in [-0.2, 0) is 16.3 Å². The summed E-state index contributed by atoms with van der Waals surface area (Å²) in [5.74, 6) is 0. The summed E-state index contributed by atoms with van der Waals surface area (Å²) in [6.45, 7) is 0. The molecule has 1 N–H and O–H groups in total. The van der Waals surface area contributed by atoms with Crippen LogP contribution < -0.4 is 0 Å². The Bertz CT molecular complexity index is 613. The minimum atomic E-state index is -3.17. The number of rotatable bonds is 5. The van der Waals surface area contributed by atoms with Gasteiger partial charge in [0.1, 0.15) is 0 Å². The summed E-state index contributed by atoms with van der Waals surface area (Å²) in [6, 6.07) is 8.48. The number of benzene rings is 1. The van der Waals surface area contributed by atoms with Crippen molar-refractivity contribution in [2.45, 2.75) is 23.8 Å². The summed E-state index contributed by atoms with van der Waals surface area (Å²) in [7, 11) is -3.17. The molecule has 1 aromatic heterocycles. The van der Waals surface area contributed by atoms with Gasteiger partial charge in [-0.1, -0.05) is 12.1 Å². The van der Waals surface area contributed by atoms with Crippen molar-refractivity contribution < 1.29 is 13.5 Å². The topological polar surface area (TPSA) is 54.4 Å². The molecule has 0 saturated heterocycles. The molecule has 3 nitrogen and oxygen atoms in total. The summed E-state index contributed by atoms with van der Waals surface area (Å²) in [4.78, 5) is 0.279. The summed E-state index contributed by atoms with van der Waals surface area (Å²) in [5, 5.41) is 14.2. The van der Waals surface area contributed by atoms with Crippen molar-refractivity contribution in [3.63, 3.8) is 0 Å². The van der Waals surface area contributed by atoms with Crippen LogP contribution in [0.3, 0.4) is 0 Å². The summed E-state index contributed by atoms with van der Waals surface area (Å²) in [5.41, 5.74) is 1.97. The summed E-state index contributed by atoms with van der Waals surface area (Å²) in [6.07, 6.45) is 2.07. The lowest BCUT2D eigenvalue weighted by atomic mass is 10.0. The third-order valence-electron chi connectivity index (χ3n) is 2.98. The highest BCUT2D eigenvalue weighted by Crippen LogP contribution is 2.21. The number of thiophene rings is 1. The van der Waals surface area contributed by atoms with E-state index in [2.05, 4.69) is 5.38 Å². The maximum absolute atomic E-state index is 11.3. The molecule has 0 aliphatic rings. The quantitative estimate of drug-likeness (QED) is 0.923. The Balaban J connectivity index is 2.01. The van der Waals surface area contributed by atoms with Gasteiger partial charge in [0.25, 0.3) is 0 Å². The zero-order valence-corrected chi connectivity index (χ0v) is 12.2. The zero-order chi connectivity index (χ0) is 13.9. The fourth-order valence-electron chi connectivity index (χ4n) is 1.84. The van der Waals surface area contributed by atoms with Gasteiger partial charge in [-0.25, -0.2) is 8.42 Å². The predicted molar refractivity (Wildman–Crippen MR) is 77.2 cm³/mol. The number of sulfone groups is 1. The maximum Gasteiger partial charge on any atom is 0.175 e. The van der Waals surface area contributed by atoms with Crippen molar-refractivity contribution in [3.8, 4) is 0 Å². The standard InChI is InChI=1S/C14H16O3S2/c1-19(16,17)13-5-3-12(4-6-13)14(15)7-2-11-8-9-18-10-11/h3-6,8-10,14-15H,2,7H2,1H3. The third kappa shape index (κ3) is 3.89. The largest absolute Gasteiger partial charge is 0.388 e. The van der Waals surface area contributed by atoms with Crippen molar-refractivity contribution in [2.24, 2.45) is 0 Å². The Kier molecular flexibility index (Phi) is 4.39. The average Bonchev–Trinajstić information content (AvgIpc) is 2.88. The Labute approximate surface area is 117 Å². The Morgan fingerprint density at radius 2 is 1.89 bits per heavy atom. The minimum absolute atomic E-state index is 0.279. The fourth-order valence-corrected chi connectivity index (χ4v) is 3.18. The van der Waals surface area contributed by atoms with E-state index in [1.807, 2.05) is 11.4 Å². The van der Waals surface area contributed by atoms with Crippen LogP contribution in [0.5, 0.6) is 0 Å². The van der Waals surface area contributed by atoms with Crippen LogP contribution in [0.2, 0.25) is 0 Å². The number of aliphatic hydroxyl groups is 1.